The second kappa shape index (κ2) is 7.28. The van der Waals surface area contributed by atoms with Crippen molar-refractivity contribution in [1.29, 1.82) is 0 Å². The Morgan fingerprint density at radius 3 is 2.87 bits per heavy atom. The quantitative estimate of drug-likeness (QED) is 0.934. The van der Waals surface area contributed by atoms with E-state index in [0.717, 1.165) is 37.9 Å². The van der Waals surface area contributed by atoms with Crippen LogP contribution in [-0.2, 0) is 0 Å². The smallest absolute Gasteiger partial charge is 0.256 e. The van der Waals surface area contributed by atoms with Crippen LogP contribution in [0.3, 0.4) is 0 Å². The first-order valence-corrected chi connectivity index (χ1v) is 8.55. The van der Waals surface area contributed by atoms with Crippen molar-refractivity contribution in [2.75, 3.05) is 26.7 Å². The van der Waals surface area contributed by atoms with Crippen LogP contribution in [0, 0.1) is 5.92 Å². The molecule has 2 heterocycles. The average Bonchev–Trinajstić information content (AvgIpc) is 2.60. The predicted molar refractivity (Wildman–Crippen MR) is 93.9 cm³/mol. The standard InChI is InChI=1S/C18H22ClN3O/c1-20-10-6-13-7-11-22(12-8-13)18(23)15-4-5-16(19)14-3-2-9-21-17(14)15/h2-5,9,13,20H,6-8,10-12H2,1H3. The summed E-state index contributed by atoms with van der Waals surface area (Å²) >= 11 is 6.22. The summed E-state index contributed by atoms with van der Waals surface area (Å²) in [6.45, 7) is 2.69. The van der Waals surface area contributed by atoms with Crippen LogP contribution in [0.4, 0.5) is 0 Å². The van der Waals surface area contributed by atoms with Gasteiger partial charge in [-0.05, 0) is 63.0 Å². The minimum Gasteiger partial charge on any atom is -0.339 e. The normalized spacial score (nSPS) is 16.0. The highest BCUT2D eigenvalue weighted by molar-refractivity contribution is 6.36. The van der Waals surface area contributed by atoms with Gasteiger partial charge in [0.05, 0.1) is 16.1 Å². The Labute approximate surface area is 141 Å². The molecule has 1 fully saturated rings. The molecule has 0 bridgehead atoms. The van der Waals surface area contributed by atoms with Crippen molar-refractivity contribution >= 4 is 28.4 Å². The molecule has 2 aromatic rings. The summed E-state index contributed by atoms with van der Waals surface area (Å²) in [5.74, 6) is 0.782. The summed E-state index contributed by atoms with van der Waals surface area (Å²) in [6, 6.07) is 7.34. The Hall–Kier alpha value is -1.65. The van der Waals surface area contributed by atoms with Crippen molar-refractivity contribution in [3.8, 4) is 0 Å². The molecule has 23 heavy (non-hydrogen) atoms. The average molecular weight is 332 g/mol. The topological polar surface area (TPSA) is 45.2 Å². The molecule has 0 radical (unpaired) electrons. The summed E-state index contributed by atoms with van der Waals surface area (Å²) in [5, 5.41) is 4.67. The number of pyridine rings is 1. The van der Waals surface area contributed by atoms with Crippen molar-refractivity contribution in [3.05, 3.63) is 41.0 Å². The zero-order valence-electron chi connectivity index (χ0n) is 13.4. The number of amides is 1. The number of likely N-dealkylation sites (tertiary alicyclic amines) is 1. The second-order valence-corrected chi connectivity index (χ2v) is 6.53. The SMILES string of the molecule is CNCCC1CCN(C(=O)c2ccc(Cl)c3cccnc23)CC1. The molecule has 3 rings (SSSR count). The van der Waals surface area contributed by atoms with Crippen molar-refractivity contribution in [3.63, 3.8) is 0 Å². The van der Waals surface area contributed by atoms with Crippen LogP contribution in [-0.4, -0.2) is 42.5 Å². The van der Waals surface area contributed by atoms with Crippen LogP contribution in [0.5, 0.6) is 0 Å². The van der Waals surface area contributed by atoms with Crippen molar-refractivity contribution < 1.29 is 4.79 Å². The maximum absolute atomic E-state index is 12.9. The zero-order valence-corrected chi connectivity index (χ0v) is 14.1. The van der Waals surface area contributed by atoms with E-state index < -0.39 is 0 Å². The maximum Gasteiger partial charge on any atom is 0.256 e. The second-order valence-electron chi connectivity index (χ2n) is 6.12. The molecule has 1 aromatic heterocycles. The largest absolute Gasteiger partial charge is 0.339 e. The number of fused-ring (bicyclic) bond motifs is 1. The zero-order chi connectivity index (χ0) is 16.2. The van der Waals surface area contributed by atoms with Gasteiger partial charge in [-0.3, -0.25) is 9.78 Å². The van der Waals surface area contributed by atoms with Gasteiger partial charge in [0.25, 0.3) is 5.91 Å². The third kappa shape index (κ3) is 3.48. The minimum absolute atomic E-state index is 0.0671. The van der Waals surface area contributed by atoms with Crippen LogP contribution < -0.4 is 5.32 Å². The summed E-state index contributed by atoms with van der Waals surface area (Å²) in [7, 11) is 1.98. The molecule has 4 nitrogen and oxygen atoms in total. The molecule has 5 heteroatoms. The molecule has 0 spiro atoms. The Morgan fingerprint density at radius 2 is 2.13 bits per heavy atom. The number of hydrogen-bond donors (Lipinski definition) is 1. The highest BCUT2D eigenvalue weighted by atomic mass is 35.5. The van der Waals surface area contributed by atoms with Gasteiger partial charge in [-0.15, -0.1) is 0 Å². The van der Waals surface area contributed by atoms with Crippen LogP contribution in [0.15, 0.2) is 30.5 Å². The Balaban J connectivity index is 1.76. The van der Waals surface area contributed by atoms with E-state index in [0.29, 0.717) is 22.0 Å². The molecule has 0 unspecified atom stereocenters. The fourth-order valence-corrected chi connectivity index (χ4v) is 3.47. The number of nitrogens with one attached hydrogen (secondary N) is 1. The van der Waals surface area contributed by atoms with E-state index in [1.54, 1.807) is 18.3 Å². The number of carbonyl (C=O) groups is 1. The molecule has 1 amide bonds. The monoisotopic (exact) mass is 331 g/mol. The van der Waals surface area contributed by atoms with E-state index in [2.05, 4.69) is 10.3 Å². The predicted octanol–water partition coefficient (Wildman–Crippen LogP) is 3.35. The Morgan fingerprint density at radius 1 is 1.35 bits per heavy atom. The van der Waals surface area contributed by atoms with Crippen LogP contribution in [0.2, 0.25) is 5.02 Å². The van der Waals surface area contributed by atoms with Gasteiger partial charge in [0.15, 0.2) is 0 Å². The third-order valence-electron chi connectivity index (χ3n) is 4.65. The van der Waals surface area contributed by atoms with E-state index in [-0.39, 0.29) is 5.91 Å². The fraction of sp³-hybridized carbons (Fsp3) is 0.444. The molecule has 1 aliphatic heterocycles. The van der Waals surface area contributed by atoms with E-state index in [1.165, 1.54) is 6.42 Å². The van der Waals surface area contributed by atoms with Gasteiger partial charge >= 0.3 is 0 Å². The first-order valence-electron chi connectivity index (χ1n) is 8.18. The van der Waals surface area contributed by atoms with E-state index in [1.807, 2.05) is 24.1 Å². The molecule has 1 N–H and O–H groups in total. The van der Waals surface area contributed by atoms with Gasteiger partial charge in [0, 0.05) is 24.7 Å². The third-order valence-corrected chi connectivity index (χ3v) is 4.98. The van der Waals surface area contributed by atoms with Gasteiger partial charge in [-0.25, -0.2) is 0 Å². The lowest BCUT2D eigenvalue weighted by Gasteiger charge is -2.32. The van der Waals surface area contributed by atoms with Gasteiger partial charge in [0.1, 0.15) is 0 Å². The molecule has 0 atom stereocenters. The molecule has 1 saturated heterocycles. The first-order chi connectivity index (χ1) is 11.2. The van der Waals surface area contributed by atoms with Crippen molar-refractivity contribution in [2.24, 2.45) is 5.92 Å². The number of nitrogens with zero attached hydrogens (tertiary/aromatic N) is 2. The van der Waals surface area contributed by atoms with Crippen LogP contribution >= 0.6 is 11.6 Å². The highest BCUT2D eigenvalue weighted by Crippen LogP contribution is 2.27. The van der Waals surface area contributed by atoms with Crippen molar-refractivity contribution in [1.82, 2.24) is 15.2 Å². The van der Waals surface area contributed by atoms with E-state index in [4.69, 9.17) is 11.6 Å². The number of aromatic nitrogens is 1. The van der Waals surface area contributed by atoms with Gasteiger partial charge in [0.2, 0.25) is 0 Å². The lowest BCUT2D eigenvalue weighted by atomic mass is 9.93. The Kier molecular flexibility index (Phi) is 5.13. The van der Waals surface area contributed by atoms with Gasteiger partial charge in [-0.2, -0.15) is 0 Å². The van der Waals surface area contributed by atoms with Crippen LogP contribution in [0.25, 0.3) is 10.9 Å². The molecular weight excluding hydrogens is 310 g/mol. The van der Waals surface area contributed by atoms with E-state index >= 15 is 0 Å². The molecule has 1 aromatic carbocycles. The number of piperidine rings is 1. The maximum atomic E-state index is 12.9. The molecule has 0 saturated carbocycles. The number of rotatable bonds is 4. The summed E-state index contributed by atoms with van der Waals surface area (Å²) in [4.78, 5) is 19.2. The van der Waals surface area contributed by atoms with Crippen LogP contribution in [0.1, 0.15) is 29.6 Å². The summed E-state index contributed by atoms with van der Waals surface area (Å²) in [5.41, 5.74) is 1.35. The first kappa shape index (κ1) is 16.2. The van der Waals surface area contributed by atoms with Gasteiger partial charge < -0.3 is 10.2 Å². The molecule has 1 aliphatic rings. The Bertz CT molecular complexity index is 696. The fourth-order valence-electron chi connectivity index (χ4n) is 3.25. The number of carbonyl (C=O) groups excluding carboxylic acids is 1. The summed E-state index contributed by atoms with van der Waals surface area (Å²) in [6.07, 6.45) is 5.04. The number of benzene rings is 1. The lowest BCUT2D eigenvalue weighted by Crippen LogP contribution is -2.39. The molecule has 122 valence electrons. The minimum atomic E-state index is 0.0671. The highest BCUT2D eigenvalue weighted by Gasteiger charge is 2.25. The number of hydrogen-bond acceptors (Lipinski definition) is 3. The van der Waals surface area contributed by atoms with Gasteiger partial charge in [-0.1, -0.05) is 11.6 Å². The lowest BCUT2D eigenvalue weighted by molar-refractivity contribution is 0.0689. The van der Waals surface area contributed by atoms with Crippen molar-refractivity contribution in [2.45, 2.75) is 19.3 Å². The molecular formula is C18H22ClN3O. The number of halogens is 1. The molecule has 0 aliphatic carbocycles. The van der Waals surface area contributed by atoms with E-state index in [9.17, 15) is 4.79 Å². The summed E-state index contributed by atoms with van der Waals surface area (Å²) < 4.78 is 0.